The SMILES string of the molecule is O=C(Cn1cnc2ccc(N3CCN(C(=O)C4CCCC4)CC3)cc2c1=O)NCc1ccc(Cl)c(Cl)c1. The van der Waals surface area contributed by atoms with Crippen LogP contribution in [-0.2, 0) is 22.7 Å². The van der Waals surface area contributed by atoms with Gasteiger partial charge in [0.2, 0.25) is 11.8 Å². The molecule has 2 aliphatic rings. The summed E-state index contributed by atoms with van der Waals surface area (Å²) in [5.74, 6) is 0.173. The molecule has 2 amide bonds. The minimum Gasteiger partial charge on any atom is -0.368 e. The number of hydrogen-bond acceptors (Lipinski definition) is 5. The van der Waals surface area contributed by atoms with Crippen LogP contribution in [0.4, 0.5) is 5.69 Å². The number of aromatic nitrogens is 2. The predicted octanol–water partition coefficient (Wildman–Crippen LogP) is 3.86. The Morgan fingerprint density at radius 1 is 0.973 bits per heavy atom. The third-order valence-electron chi connectivity index (χ3n) is 7.26. The standard InChI is InChI=1S/C27H29Cl2N5O3/c28-22-7-5-18(13-23(22)29)15-30-25(35)16-34-17-31-24-8-6-20(14-21(24)27(34)37)32-9-11-33(12-10-32)26(36)19-3-1-2-4-19/h5-8,13-14,17,19H,1-4,9-12,15-16H2,(H,30,35). The lowest BCUT2D eigenvalue weighted by atomic mass is 10.1. The van der Waals surface area contributed by atoms with E-state index in [1.807, 2.05) is 23.1 Å². The number of halogens is 2. The van der Waals surface area contributed by atoms with E-state index in [-0.39, 0.29) is 30.5 Å². The summed E-state index contributed by atoms with van der Waals surface area (Å²) in [6.07, 6.45) is 5.72. The number of benzene rings is 2. The Kier molecular flexibility index (Phi) is 7.67. The van der Waals surface area contributed by atoms with Crippen LogP contribution in [0.15, 0.2) is 47.5 Å². The molecule has 1 aliphatic carbocycles. The summed E-state index contributed by atoms with van der Waals surface area (Å²) in [5, 5.41) is 4.12. The van der Waals surface area contributed by atoms with Gasteiger partial charge >= 0.3 is 0 Å². The van der Waals surface area contributed by atoms with Gasteiger partial charge in [-0.05, 0) is 48.7 Å². The molecular formula is C27H29Cl2N5O3. The zero-order chi connectivity index (χ0) is 25.9. The van der Waals surface area contributed by atoms with E-state index in [9.17, 15) is 14.4 Å². The summed E-state index contributed by atoms with van der Waals surface area (Å²) >= 11 is 12.0. The van der Waals surface area contributed by atoms with Crippen LogP contribution in [0.1, 0.15) is 31.2 Å². The van der Waals surface area contributed by atoms with Gasteiger partial charge in [-0.2, -0.15) is 0 Å². The molecule has 0 unspecified atom stereocenters. The summed E-state index contributed by atoms with van der Waals surface area (Å²) in [7, 11) is 0. The molecule has 1 saturated carbocycles. The van der Waals surface area contributed by atoms with E-state index in [2.05, 4.69) is 15.2 Å². The van der Waals surface area contributed by atoms with Gasteiger partial charge in [-0.1, -0.05) is 42.1 Å². The fraction of sp³-hybridized carbons (Fsp3) is 0.407. The van der Waals surface area contributed by atoms with Gasteiger partial charge < -0.3 is 15.1 Å². The highest BCUT2D eigenvalue weighted by Crippen LogP contribution is 2.28. The Balaban J connectivity index is 1.23. The van der Waals surface area contributed by atoms with Crippen LogP contribution < -0.4 is 15.8 Å². The number of hydrogen-bond donors (Lipinski definition) is 1. The maximum Gasteiger partial charge on any atom is 0.261 e. The Hall–Kier alpha value is -3.10. The lowest BCUT2D eigenvalue weighted by molar-refractivity contribution is -0.135. The van der Waals surface area contributed by atoms with E-state index >= 15 is 0 Å². The smallest absolute Gasteiger partial charge is 0.261 e. The first-order valence-corrected chi connectivity index (χ1v) is 13.4. The third-order valence-corrected chi connectivity index (χ3v) is 8.00. The highest BCUT2D eigenvalue weighted by Gasteiger charge is 2.29. The van der Waals surface area contributed by atoms with E-state index in [1.165, 1.54) is 10.9 Å². The summed E-state index contributed by atoms with van der Waals surface area (Å²) in [5.41, 5.74) is 2.03. The maximum atomic E-state index is 13.2. The number of piperazine rings is 1. The molecular weight excluding hydrogens is 513 g/mol. The zero-order valence-corrected chi connectivity index (χ0v) is 22.0. The first kappa shape index (κ1) is 25.5. The Labute approximate surface area is 225 Å². The minimum absolute atomic E-state index is 0.144. The summed E-state index contributed by atoms with van der Waals surface area (Å²) in [6, 6.07) is 10.8. The van der Waals surface area contributed by atoms with Crippen molar-refractivity contribution in [3.05, 3.63) is 68.7 Å². The van der Waals surface area contributed by atoms with Crippen LogP contribution in [-0.4, -0.2) is 52.4 Å². The van der Waals surface area contributed by atoms with Gasteiger partial charge in [-0.25, -0.2) is 4.98 Å². The number of amides is 2. The van der Waals surface area contributed by atoms with Crippen molar-refractivity contribution in [3.63, 3.8) is 0 Å². The first-order chi connectivity index (χ1) is 17.9. The molecule has 8 nitrogen and oxygen atoms in total. The normalized spacial score (nSPS) is 16.4. The average Bonchev–Trinajstić information content (AvgIpc) is 3.46. The number of anilines is 1. The van der Waals surface area contributed by atoms with Crippen LogP contribution in [0.2, 0.25) is 10.0 Å². The molecule has 194 valence electrons. The minimum atomic E-state index is -0.312. The molecule has 10 heteroatoms. The second-order valence-corrected chi connectivity index (χ2v) is 10.5. The van der Waals surface area contributed by atoms with Crippen molar-refractivity contribution in [2.24, 2.45) is 5.92 Å². The molecule has 1 N–H and O–H groups in total. The van der Waals surface area contributed by atoms with Crippen molar-refractivity contribution in [3.8, 4) is 0 Å². The Bertz CT molecular complexity index is 1380. The van der Waals surface area contributed by atoms with Gasteiger partial charge in [-0.15, -0.1) is 0 Å². The topological polar surface area (TPSA) is 87.5 Å². The van der Waals surface area contributed by atoms with Crippen molar-refractivity contribution >= 4 is 51.6 Å². The molecule has 0 spiro atoms. The average molecular weight is 542 g/mol. The van der Waals surface area contributed by atoms with E-state index in [0.29, 0.717) is 39.9 Å². The lowest BCUT2D eigenvalue weighted by Crippen LogP contribution is -2.50. The van der Waals surface area contributed by atoms with Crippen molar-refractivity contribution < 1.29 is 9.59 Å². The van der Waals surface area contributed by atoms with Crippen LogP contribution in [0.25, 0.3) is 10.9 Å². The van der Waals surface area contributed by atoms with Crippen molar-refractivity contribution in [2.45, 2.75) is 38.8 Å². The first-order valence-electron chi connectivity index (χ1n) is 12.6. The van der Waals surface area contributed by atoms with Gasteiger partial charge in [0.05, 0.1) is 27.3 Å². The molecule has 1 aliphatic heterocycles. The lowest BCUT2D eigenvalue weighted by Gasteiger charge is -2.37. The monoisotopic (exact) mass is 541 g/mol. The fourth-order valence-corrected chi connectivity index (χ4v) is 5.45. The van der Waals surface area contributed by atoms with Crippen LogP contribution in [0.5, 0.6) is 0 Å². The second kappa shape index (κ2) is 11.1. The van der Waals surface area contributed by atoms with Crippen molar-refractivity contribution in [2.75, 3.05) is 31.1 Å². The number of carbonyl (C=O) groups excluding carboxylic acids is 2. The number of nitrogens with zero attached hydrogens (tertiary/aromatic N) is 4. The van der Waals surface area contributed by atoms with E-state index < -0.39 is 0 Å². The van der Waals surface area contributed by atoms with Gasteiger partial charge in [-0.3, -0.25) is 19.0 Å². The van der Waals surface area contributed by atoms with Gasteiger partial charge in [0, 0.05) is 44.3 Å². The van der Waals surface area contributed by atoms with Gasteiger partial charge in [0.1, 0.15) is 6.54 Å². The Morgan fingerprint density at radius 2 is 1.73 bits per heavy atom. The molecule has 0 atom stereocenters. The highest BCUT2D eigenvalue weighted by molar-refractivity contribution is 6.42. The quantitative estimate of drug-likeness (QED) is 0.512. The number of carbonyl (C=O) groups is 2. The summed E-state index contributed by atoms with van der Waals surface area (Å²) in [6.45, 7) is 2.93. The summed E-state index contributed by atoms with van der Waals surface area (Å²) in [4.78, 5) is 47.0. The van der Waals surface area contributed by atoms with Crippen molar-refractivity contribution in [1.29, 1.82) is 0 Å². The molecule has 2 heterocycles. The third kappa shape index (κ3) is 5.75. The fourth-order valence-electron chi connectivity index (χ4n) is 5.13. The molecule has 0 radical (unpaired) electrons. The molecule has 37 heavy (non-hydrogen) atoms. The molecule has 5 rings (SSSR count). The largest absolute Gasteiger partial charge is 0.368 e. The van der Waals surface area contributed by atoms with Gasteiger partial charge in [0.25, 0.3) is 5.56 Å². The van der Waals surface area contributed by atoms with E-state index in [1.54, 1.807) is 18.2 Å². The van der Waals surface area contributed by atoms with E-state index in [4.69, 9.17) is 23.2 Å². The molecule has 1 saturated heterocycles. The van der Waals surface area contributed by atoms with E-state index in [0.717, 1.165) is 50.0 Å². The molecule has 2 fully saturated rings. The van der Waals surface area contributed by atoms with Gasteiger partial charge in [0.15, 0.2) is 0 Å². The second-order valence-electron chi connectivity index (χ2n) is 9.70. The molecule has 0 bridgehead atoms. The Morgan fingerprint density at radius 3 is 2.46 bits per heavy atom. The summed E-state index contributed by atoms with van der Waals surface area (Å²) < 4.78 is 1.31. The molecule has 1 aromatic heterocycles. The highest BCUT2D eigenvalue weighted by atomic mass is 35.5. The molecule has 2 aromatic carbocycles. The number of fused-ring (bicyclic) bond motifs is 1. The molecule has 3 aromatic rings. The van der Waals surface area contributed by atoms with Crippen molar-refractivity contribution in [1.82, 2.24) is 19.8 Å². The number of nitrogens with one attached hydrogen (secondary N) is 1. The number of rotatable bonds is 6. The maximum absolute atomic E-state index is 13.2. The predicted molar refractivity (Wildman–Crippen MR) is 145 cm³/mol. The van der Waals surface area contributed by atoms with Crippen LogP contribution in [0.3, 0.4) is 0 Å². The zero-order valence-electron chi connectivity index (χ0n) is 20.5. The van der Waals surface area contributed by atoms with Crippen LogP contribution in [0, 0.1) is 5.92 Å². The van der Waals surface area contributed by atoms with Crippen LogP contribution >= 0.6 is 23.2 Å².